The van der Waals surface area contributed by atoms with Gasteiger partial charge in [0.05, 0.1) is 5.39 Å². The molecule has 0 N–H and O–H groups in total. The summed E-state index contributed by atoms with van der Waals surface area (Å²) in [6, 6.07) is 11.7. The van der Waals surface area contributed by atoms with Crippen molar-refractivity contribution in [2.24, 2.45) is 0 Å². The zero-order valence-electron chi connectivity index (χ0n) is 15.2. The Labute approximate surface area is 155 Å². The summed E-state index contributed by atoms with van der Waals surface area (Å²) in [4.78, 5) is 12.8. The van der Waals surface area contributed by atoms with E-state index in [2.05, 4.69) is 0 Å². The summed E-state index contributed by atoms with van der Waals surface area (Å²) in [5.74, 6) is 0.343. The minimum atomic E-state index is -0.456. The minimum absolute atomic E-state index is 0.333. The van der Waals surface area contributed by atoms with Crippen LogP contribution in [0.4, 0.5) is 4.39 Å². The average Bonchev–Trinajstić information content (AvgIpc) is 3.04. The van der Waals surface area contributed by atoms with Gasteiger partial charge >= 0.3 is 5.63 Å². The Morgan fingerprint density at radius 1 is 1.07 bits per heavy atom. The van der Waals surface area contributed by atoms with E-state index in [0.29, 0.717) is 40.9 Å². The molecule has 0 atom stereocenters. The van der Waals surface area contributed by atoms with Gasteiger partial charge in [0.25, 0.3) is 0 Å². The van der Waals surface area contributed by atoms with E-state index in [1.807, 2.05) is 19.1 Å². The van der Waals surface area contributed by atoms with E-state index in [0.717, 1.165) is 22.9 Å². The molecule has 0 bridgehead atoms. The normalized spacial score (nSPS) is 11.5. The molecule has 5 heteroatoms. The summed E-state index contributed by atoms with van der Waals surface area (Å²) in [5.41, 5.74) is 2.97. The van der Waals surface area contributed by atoms with Crippen molar-refractivity contribution >= 4 is 21.9 Å². The lowest BCUT2D eigenvalue weighted by molar-refractivity contribution is 0.193. The van der Waals surface area contributed by atoms with Crippen LogP contribution >= 0.6 is 0 Å². The maximum absolute atomic E-state index is 13.4. The van der Waals surface area contributed by atoms with Crippen LogP contribution < -0.4 is 5.63 Å². The molecule has 27 heavy (non-hydrogen) atoms. The van der Waals surface area contributed by atoms with Crippen LogP contribution in [-0.2, 0) is 11.2 Å². The van der Waals surface area contributed by atoms with Crippen molar-refractivity contribution < 1.29 is 18.0 Å². The van der Waals surface area contributed by atoms with Crippen LogP contribution in [-0.4, -0.2) is 13.7 Å². The predicted octanol–water partition coefficient (Wildman–Crippen LogP) is 5.23. The van der Waals surface area contributed by atoms with Crippen molar-refractivity contribution in [3.63, 3.8) is 0 Å². The quantitative estimate of drug-likeness (QED) is 0.358. The molecule has 0 radical (unpaired) electrons. The molecule has 4 nitrogen and oxygen atoms in total. The third-order valence-corrected chi connectivity index (χ3v) is 4.65. The molecule has 138 valence electrons. The number of halogens is 1. The lowest BCUT2D eigenvalue weighted by Gasteiger charge is -2.03. The van der Waals surface area contributed by atoms with Crippen molar-refractivity contribution in [3.8, 4) is 11.1 Å². The number of fused-ring (bicyclic) bond motifs is 3. The van der Waals surface area contributed by atoms with Crippen molar-refractivity contribution in [1.29, 1.82) is 0 Å². The highest BCUT2D eigenvalue weighted by Crippen LogP contribution is 2.37. The molecular formula is C22H19FO4. The van der Waals surface area contributed by atoms with Crippen LogP contribution in [0.1, 0.15) is 17.7 Å². The number of rotatable bonds is 5. The number of aryl methyl sites for hydroxylation is 2. The molecule has 0 saturated carbocycles. The summed E-state index contributed by atoms with van der Waals surface area (Å²) in [7, 11) is 1.64. The molecule has 0 fully saturated rings. The highest BCUT2D eigenvalue weighted by Gasteiger charge is 2.22. The van der Waals surface area contributed by atoms with Gasteiger partial charge in [-0.3, -0.25) is 0 Å². The Kier molecular flexibility index (Phi) is 4.54. The lowest BCUT2D eigenvalue weighted by atomic mass is 10.00. The second-order valence-corrected chi connectivity index (χ2v) is 6.60. The smallest absolute Gasteiger partial charge is 0.348 e. The lowest BCUT2D eigenvalue weighted by Crippen LogP contribution is -2.00. The first-order valence-corrected chi connectivity index (χ1v) is 8.82. The van der Waals surface area contributed by atoms with Crippen molar-refractivity contribution in [3.05, 3.63) is 70.0 Å². The third-order valence-electron chi connectivity index (χ3n) is 4.65. The molecule has 0 unspecified atom stereocenters. The zero-order valence-corrected chi connectivity index (χ0v) is 15.2. The highest BCUT2D eigenvalue weighted by molar-refractivity contribution is 6.07. The van der Waals surface area contributed by atoms with E-state index in [4.69, 9.17) is 13.6 Å². The molecule has 0 aliphatic carbocycles. The summed E-state index contributed by atoms with van der Waals surface area (Å²) in [5, 5.41) is 1.15. The van der Waals surface area contributed by atoms with Gasteiger partial charge in [0, 0.05) is 25.7 Å². The van der Waals surface area contributed by atoms with E-state index >= 15 is 0 Å². The standard InChI is InChI=1S/C22H19FO4/c1-13-5-10-17-16(12-13)21-20(22(24)27-17)19(14-6-8-15(23)9-7-14)18(26-21)4-3-11-25-2/h5-10,12H,3-4,11H2,1-2H3. The van der Waals surface area contributed by atoms with Gasteiger partial charge in [-0.05, 0) is 43.2 Å². The van der Waals surface area contributed by atoms with Crippen molar-refractivity contribution in [2.45, 2.75) is 19.8 Å². The van der Waals surface area contributed by atoms with Gasteiger partial charge in [-0.25, -0.2) is 9.18 Å². The van der Waals surface area contributed by atoms with Gasteiger partial charge < -0.3 is 13.6 Å². The highest BCUT2D eigenvalue weighted by atomic mass is 19.1. The van der Waals surface area contributed by atoms with Gasteiger partial charge in [0.15, 0.2) is 5.58 Å². The molecule has 4 aromatic rings. The zero-order chi connectivity index (χ0) is 19.0. The minimum Gasteiger partial charge on any atom is -0.459 e. The van der Waals surface area contributed by atoms with Gasteiger partial charge in [-0.15, -0.1) is 0 Å². The predicted molar refractivity (Wildman–Crippen MR) is 103 cm³/mol. The molecule has 0 aliphatic rings. The van der Waals surface area contributed by atoms with Crippen LogP contribution in [0.25, 0.3) is 33.1 Å². The Morgan fingerprint density at radius 2 is 1.85 bits per heavy atom. The molecule has 0 spiro atoms. The number of furan rings is 1. The Morgan fingerprint density at radius 3 is 2.59 bits per heavy atom. The Hall–Kier alpha value is -2.92. The van der Waals surface area contributed by atoms with E-state index in [9.17, 15) is 9.18 Å². The summed E-state index contributed by atoms with van der Waals surface area (Å²) < 4.78 is 30.3. The maximum atomic E-state index is 13.4. The van der Waals surface area contributed by atoms with Crippen molar-refractivity contribution in [1.82, 2.24) is 0 Å². The number of hydrogen-bond acceptors (Lipinski definition) is 4. The van der Waals surface area contributed by atoms with E-state index < -0.39 is 5.63 Å². The average molecular weight is 366 g/mol. The number of hydrogen-bond donors (Lipinski definition) is 0. The largest absolute Gasteiger partial charge is 0.459 e. The van der Waals surface area contributed by atoms with Gasteiger partial charge in [0.2, 0.25) is 0 Å². The number of benzene rings is 2. The van der Waals surface area contributed by atoms with Crippen LogP contribution in [0.2, 0.25) is 0 Å². The molecule has 2 aromatic carbocycles. The third kappa shape index (κ3) is 3.15. The number of methoxy groups -OCH3 is 1. The molecule has 0 amide bonds. The van der Waals surface area contributed by atoms with Crippen LogP contribution in [0.15, 0.2) is 56.1 Å². The fraction of sp³-hybridized carbons (Fsp3) is 0.227. The Balaban J connectivity index is 2.04. The van der Waals surface area contributed by atoms with Gasteiger partial charge in [0.1, 0.15) is 22.5 Å². The molecule has 4 rings (SSSR count). The SMILES string of the molecule is COCCCc1oc2c(c1-c1ccc(F)cc1)c(=O)oc1ccc(C)cc12. The van der Waals surface area contributed by atoms with E-state index in [1.54, 1.807) is 25.3 Å². The molecule has 2 heterocycles. The molecule has 0 aliphatic heterocycles. The molecule has 2 aromatic heterocycles. The second-order valence-electron chi connectivity index (χ2n) is 6.60. The fourth-order valence-electron chi connectivity index (χ4n) is 3.40. The number of ether oxygens (including phenoxy) is 1. The van der Waals surface area contributed by atoms with Crippen LogP contribution in [0.5, 0.6) is 0 Å². The van der Waals surface area contributed by atoms with Gasteiger partial charge in [-0.2, -0.15) is 0 Å². The monoisotopic (exact) mass is 366 g/mol. The summed E-state index contributed by atoms with van der Waals surface area (Å²) in [6.07, 6.45) is 1.34. The summed E-state index contributed by atoms with van der Waals surface area (Å²) >= 11 is 0. The fourth-order valence-corrected chi connectivity index (χ4v) is 3.40. The summed E-state index contributed by atoms with van der Waals surface area (Å²) in [6.45, 7) is 2.55. The van der Waals surface area contributed by atoms with Crippen molar-refractivity contribution in [2.75, 3.05) is 13.7 Å². The first kappa shape index (κ1) is 17.5. The van der Waals surface area contributed by atoms with E-state index in [1.165, 1.54) is 12.1 Å². The second kappa shape index (κ2) is 7.00. The maximum Gasteiger partial charge on any atom is 0.348 e. The van der Waals surface area contributed by atoms with Gasteiger partial charge in [-0.1, -0.05) is 23.8 Å². The first-order valence-electron chi connectivity index (χ1n) is 8.82. The topological polar surface area (TPSA) is 52.6 Å². The first-order chi connectivity index (χ1) is 13.1. The molecule has 0 saturated heterocycles. The van der Waals surface area contributed by atoms with Crippen LogP contribution in [0.3, 0.4) is 0 Å². The Bertz CT molecular complexity index is 1170. The van der Waals surface area contributed by atoms with E-state index in [-0.39, 0.29) is 5.82 Å². The van der Waals surface area contributed by atoms with Crippen LogP contribution in [0, 0.1) is 12.7 Å². The molecular weight excluding hydrogens is 347 g/mol.